The topological polar surface area (TPSA) is 77.5 Å². The molecule has 40 heavy (non-hydrogen) atoms. The van der Waals surface area contributed by atoms with Gasteiger partial charge in [-0.2, -0.15) is 0 Å². The van der Waals surface area contributed by atoms with Crippen molar-refractivity contribution in [3.63, 3.8) is 0 Å². The van der Waals surface area contributed by atoms with Crippen LogP contribution in [0.1, 0.15) is 61.8 Å². The highest BCUT2D eigenvalue weighted by molar-refractivity contribution is 8.18. The lowest BCUT2D eigenvalue weighted by molar-refractivity contribution is -0.113. The molecule has 4 bridgehead atoms. The highest BCUT2D eigenvalue weighted by atomic mass is 32.2. The fraction of sp³-hybridized carbons (Fsp3) is 0.412. The number of hydrogen-bond acceptors (Lipinski definition) is 4. The molecule has 6 heteroatoms. The van der Waals surface area contributed by atoms with Crippen molar-refractivity contribution in [2.45, 2.75) is 50.4 Å². The smallest absolute Gasteiger partial charge is 0.285 e. The summed E-state index contributed by atoms with van der Waals surface area (Å²) in [5, 5.41) is 15.4. The average molecular weight is 550 g/mol. The van der Waals surface area contributed by atoms with E-state index < -0.39 is 0 Å². The third-order valence-electron chi connectivity index (χ3n) is 10.2. The van der Waals surface area contributed by atoms with Crippen LogP contribution >= 0.6 is 11.8 Å². The van der Waals surface area contributed by atoms with Crippen LogP contribution in [0.5, 0.6) is 5.75 Å². The third-order valence-corrected chi connectivity index (χ3v) is 11.4. The van der Waals surface area contributed by atoms with Crippen molar-refractivity contribution in [1.29, 1.82) is 0 Å². The summed E-state index contributed by atoms with van der Waals surface area (Å²) in [4.78, 5) is 21.6. The number of aromatic amines is 1. The number of benzene rings is 2. The quantitative estimate of drug-likeness (QED) is 0.303. The molecule has 1 amide bonds. The van der Waals surface area contributed by atoms with E-state index in [1.807, 2.05) is 30.5 Å². The van der Waals surface area contributed by atoms with Crippen molar-refractivity contribution >= 4 is 28.3 Å². The zero-order valence-electron chi connectivity index (χ0n) is 22.7. The molecule has 2 aliphatic heterocycles. The summed E-state index contributed by atoms with van der Waals surface area (Å²) in [5.74, 6) is 3.14. The highest BCUT2D eigenvalue weighted by Crippen LogP contribution is 2.62. The van der Waals surface area contributed by atoms with E-state index in [0.717, 1.165) is 70.3 Å². The van der Waals surface area contributed by atoms with Crippen LogP contribution in [0.4, 0.5) is 0 Å². The zero-order valence-corrected chi connectivity index (χ0v) is 23.5. The summed E-state index contributed by atoms with van der Waals surface area (Å²) < 4.78 is 0. The van der Waals surface area contributed by atoms with E-state index in [4.69, 9.17) is 0 Å². The maximum Gasteiger partial charge on any atom is 0.285 e. The van der Waals surface area contributed by atoms with Gasteiger partial charge >= 0.3 is 0 Å². The molecule has 3 aromatic rings. The molecule has 0 spiro atoms. The standard InChI is InChI=1S/C34H35N3O2S/c38-29-8-7-25(15-27(29)34-16-20-12-21(17-34)14-22(13-20)18-34)23-3-5-24(6-4-23)30(28-2-1-10-36-28)31-32(39)37-33(40-31)26-9-11-35-19-26/h1-8,10,15,20-22,26,35-36,38H,9,11-14,16-19H2. The Morgan fingerprint density at radius 2 is 1.68 bits per heavy atom. The molecule has 2 aromatic carbocycles. The molecular weight excluding hydrogens is 514 g/mol. The number of aromatic hydroxyl groups is 1. The first-order chi connectivity index (χ1) is 19.5. The minimum Gasteiger partial charge on any atom is -0.508 e. The van der Waals surface area contributed by atoms with Crippen molar-refractivity contribution in [3.05, 3.63) is 82.5 Å². The van der Waals surface area contributed by atoms with Crippen LogP contribution in [0.15, 0.2) is 70.7 Å². The Morgan fingerprint density at radius 1 is 0.950 bits per heavy atom. The van der Waals surface area contributed by atoms with E-state index in [0.29, 0.717) is 16.6 Å². The SMILES string of the molecule is O=C1N=C(C2CCNC2)SC1=C(c1ccc(-c2ccc(O)c(C34CC5CC(CC(C5)C3)C4)c2)cc1)c1ccc[nH]1. The molecule has 5 fully saturated rings. The second-order valence-corrected chi connectivity index (χ2v) is 13.9. The minimum atomic E-state index is -0.140. The molecule has 6 aliphatic rings. The summed E-state index contributed by atoms with van der Waals surface area (Å²) in [6.45, 7) is 1.86. The maximum atomic E-state index is 13.1. The summed E-state index contributed by atoms with van der Waals surface area (Å²) in [6.07, 6.45) is 10.8. The molecule has 204 valence electrons. The zero-order chi connectivity index (χ0) is 26.8. The van der Waals surface area contributed by atoms with Gasteiger partial charge in [0.15, 0.2) is 0 Å². The summed E-state index contributed by atoms with van der Waals surface area (Å²) in [5.41, 5.74) is 6.44. The Labute approximate surface area is 239 Å². The largest absolute Gasteiger partial charge is 0.508 e. The molecule has 1 aromatic heterocycles. The van der Waals surface area contributed by atoms with Gasteiger partial charge in [0.1, 0.15) is 5.75 Å². The number of nitrogens with one attached hydrogen (secondary N) is 2. The van der Waals surface area contributed by atoms with Crippen LogP contribution in [-0.2, 0) is 10.2 Å². The van der Waals surface area contributed by atoms with E-state index in [2.05, 4.69) is 45.6 Å². The molecule has 1 saturated heterocycles. The van der Waals surface area contributed by atoms with Crippen molar-refractivity contribution in [3.8, 4) is 16.9 Å². The van der Waals surface area contributed by atoms with Crippen LogP contribution in [-0.4, -0.2) is 34.1 Å². The van der Waals surface area contributed by atoms with Gasteiger partial charge in [-0.15, -0.1) is 0 Å². The molecule has 5 nitrogen and oxygen atoms in total. The van der Waals surface area contributed by atoms with Gasteiger partial charge in [-0.05, 0) is 116 Å². The van der Waals surface area contributed by atoms with Crippen molar-refractivity contribution in [2.75, 3.05) is 13.1 Å². The summed E-state index contributed by atoms with van der Waals surface area (Å²) >= 11 is 1.54. The molecule has 9 rings (SSSR count). The second kappa shape index (κ2) is 9.49. The van der Waals surface area contributed by atoms with E-state index in [1.165, 1.54) is 44.1 Å². The Bertz CT molecular complexity index is 1490. The van der Waals surface area contributed by atoms with Gasteiger partial charge in [-0.3, -0.25) is 4.79 Å². The fourth-order valence-electron chi connectivity index (χ4n) is 8.82. The Hall–Kier alpha value is -3.09. The van der Waals surface area contributed by atoms with Crippen molar-refractivity contribution < 1.29 is 9.90 Å². The van der Waals surface area contributed by atoms with Crippen molar-refractivity contribution in [1.82, 2.24) is 10.3 Å². The Morgan fingerprint density at radius 3 is 2.33 bits per heavy atom. The summed E-state index contributed by atoms with van der Waals surface area (Å²) in [6, 6.07) is 18.8. The predicted octanol–water partition coefficient (Wildman–Crippen LogP) is 6.90. The van der Waals surface area contributed by atoms with Gasteiger partial charge in [0.2, 0.25) is 0 Å². The van der Waals surface area contributed by atoms with Crippen LogP contribution < -0.4 is 5.32 Å². The predicted molar refractivity (Wildman–Crippen MR) is 161 cm³/mol. The number of phenols is 1. The third kappa shape index (κ3) is 4.10. The molecule has 3 N–H and O–H groups in total. The van der Waals surface area contributed by atoms with Gasteiger partial charge in [0.25, 0.3) is 5.91 Å². The first-order valence-corrected chi connectivity index (χ1v) is 15.7. The van der Waals surface area contributed by atoms with E-state index in [1.54, 1.807) is 11.8 Å². The van der Waals surface area contributed by atoms with Gasteiger partial charge in [0.05, 0.1) is 9.95 Å². The Balaban J connectivity index is 1.13. The number of thioether (sulfide) groups is 1. The van der Waals surface area contributed by atoms with Crippen molar-refractivity contribution in [2.24, 2.45) is 28.7 Å². The van der Waals surface area contributed by atoms with Crippen LogP contribution in [0.3, 0.4) is 0 Å². The Kier molecular flexibility index (Phi) is 5.86. The highest BCUT2D eigenvalue weighted by Gasteiger charge is 2.52. The number of carbonyl (C=O) groups excluding carboxylic acids is 1. The molecule has 1 unspecified atom stereocenters. The lowest BCUT2D eigenvalue weighted by Crippen LogP contribution is -2.48. The van der Waals surface area contributed by atoms with Crippen LogP contribution in [0.25, 0.3) is 16.7 Å². The molecule has 1 atom stereocenters. The van der Waals surface area contributed by atoms with E-state index in [9.17, 15) is 9.90 Å². The first kappa shape index (κ1) is 24.7. The number of aliphatic imine (C=N–C) groups is 1. The van der Waals surface area contributed by atoms with Crippen LogP contribution in [0.2, 0.25) is 0 Å². The number of phenolic OH excluding ortho intramolecular Hbond substituents is 1. The lowest BCUT2D eigenvalue weighted by Gasteiger charge is -2.57. The number of carbonyl (C=O) groups is 1. The minimum absolute atomic E-state index is 0.140. The first-order valence-electron chi connectivity index (χ1n) is 14.9. The maximum absolute atomic E-state index is 13.1. The fourth-order valence-corrected chi connectivity index (χ4v) is 9.99. The number of hydrogen-bond donors (Lipinski definition) is 3. The average Bonchev–Trinajstić information content (AvgIpc) is 3.73. The number of aromatic nitrogens is 1. The van der Waals surface area contributed by atoms with Gasteiger partial charge in [0, 0.05) is 35.5 Å². The molecule has 4 aliphatic carbocycles. The number of rotatable bonds is 5. The monoisotopic (exact) mass is 549 g/mol. The van der Waals surface area contributed by atoms with Crippen LogP contribution in [0, 0.1) is 23.7 Å². The molecule has 0 radical (unpaired) electrons. The number of H-pyrrole nitrogens is 1. The van der Waals surface area contributed by atoms with E-state index in [-0.39, 0.29) is 11.3 Å². The second-order valence-electron chi connectivity index (χ2n) is 12.8. The van der Waals surface area contributed by atoms with E-state index >= 15 is 0 Å². The summed E-state index contributed by atoms with van der Waals surface area (Å²) in [7, 11) is 0. The number of amides is 1. The van der Waals surface area contributed by atoms with Gasteiger partial charge in [-0.25, -0.2) is 4.99 Å². The molecule has 3 heterocycles. The molecule has 4 saturated carbocycles. The van der Waals surface area contributed by atoms with Gasteiger partial charge < -0.3 is 15.4 Å². The lowest BCUT2D eigenvalue weighted by atomic mass is 9.48. The number of nitrogens with zero attached hydrogens (tertiary/aromatic N) is 1. The molecular formula is C34H35N3O2S. The normalized spacial score (nSPS) is 32.1. The van der Waals surface area contributed by atoms with Gasteiger partial charge in [-0.1, -0.05) is 42.1 Å².